The van der Waals surface area contributed by atoms with Crippen LogP contribution in [-0.2, 0) is 9.47 Å². The highest BCUT2D eigenvalue weighted by Gasteiger charge is 2.13. The first-order valence-electron chi connectivity index (χ1n) is 6.45. The van der Waals surface area contributed by atoms with Gasteiger partial charge in [-0.25, -0.2) is 0 Å². The van der Waals surface area contributed by atoms with Gasteiger partial charge in [0, 0.05) is 26.4 Å². The molecular weight excluding hydrogens is 202 g/mol. The molecule has 3 heteroatoms. The zero-order valence-electron chi connectivity index (χ0n) is 11.6. The van der Waals surface area contributed by atoms with Crippen LogP contribution < -0.4 is 5.32 Å². The molecule has 0 radical (unpaired) electrons. The van der Waals surface area contributed by atoms with E-state index in [-0.39, 0.29) is 0 Å². The lowest BCUT2D eigenvalue weighted by Gasteiger charge is -2.22. The summed E-state index contributed by atoms with van der Waals surface area (Å²) in [7, 11) is 1.75. The molecule has 98 valence electrons. The van der Waals surface area contributed by atoms with Gasteiger partial charge < -0.3 is 14.8 Å². The maximum atomic E-state index is 5.70. The van der Waals surface area contributed by atoms with Gasteiger partial charge in [0.25, 0.3) is 0 Å². The fourth-order valence-electron chi connectivity index (χ4n) is 1.69. The standard InChI is InChI=1S/C13H29NO2/c1-6-16-13(11(2)3)7-9-14-12(4)8-10-15-5/h11-14H,6-10H2,1-5H3. The van der Waals surface area contributed by atoms with Crippen LogP contribution >= 0.6 is 0 Å². The molecule has 0 saturated carbocycles. The van der Waals surface area contributed by atoms with Crippen molar-refractivity contribution in [3.8, 4) is 0 Å². The number of rotatable bonds is 10. The van der Waals surface area contributed by atoms with Gasteiger partial charge in [-0.1, -0.05) is 13.8 Å². The van der Waals surface area contributed by atoms with Gasteiger partial charge >= 0.3 is 0 Å². The van der Waals surface area contributed by atoms with Crippen molar-refractivity contribution in [2.45, 2.75) is 52.7 Å². The van der Waals surface area contributed by atoms with E-state index in [2.05, 4.69) is 33.0 Å². The Morgan fingerprint density at radius 2 is 1.81 bits per heavy atom. The molecule has 0 bridgehead atoms. The molecular formula is C13H29NO2. The van der Waals surface area contributed by atoms with E-state index in [0.29, 0.717) is 18.1 Å². The predicted molar refractivity (Wildman–Crippen MR) is 68.8 cm³/mol. The van der Waals surface area contributed by atoms with Crippen molar-refractivity contribution < 1.29 is 9.47 Å². The van der Waals surface area contributed by atoms with E-state index in [1.807, 2.05) is 0 Å². The second kappa shape index (κ2) is 10.1. The smallest absolute Gasteiger partial charge is 0.0609 e. The summed E-state index contributed by atoms with van der Waals surface area (Å²) in [5.74, 6) is 0.594. The summed E-state index contributed by atoms with van der Waals surface area (Å²) in [5, 5.41) is 3.50. The van der Waals surface area contributed by atoms with Crippen molar-refractivity contribution in [3.05, 3.63) is 0 Å². The number of hydrogen-bond acceptors (Lipinski definition) is 3. The number of ether oxygens (including phenoxy) is 2. The Morgan fingerprint density at radius 3 is 2.31 bits per heavy atom. The monoisotopic (exact) mass is 231 g/mol. The van der Waals surface area contributed by atoms with E-state index < -0.39 is 0 Å². The fraction of sp³-hybridized carbons (Fsp3) is 1.00. The topological polar surface area (TPSA) is 30.5 Å². The quantitative estimate of drug-likeness (QED) is 0.626. The van der Waals surface area contributed by atoms with E-state index in [1.54, 1.807) is 7.11 Å². The van der Waals surface area contributed by atoms with Gasteiger partial charge in [0.15, 0.2) is 0 Å². The summed E-state index contributed by atoms with van der Waals surface area (Å²) < 4.78 is 10.8. The zero-order valence-corrected chi connectivity index (χ0v) is 11.6. The van der Waals surface area contributed by atoms with E-state index in [1.165, 1.54) is 0 Å². The molecule has 2 unspecified atom stereocenters. The van der Waals surface area contributed by atoms with Crippen molar-refractivity contribution in [2.75, 3.05) is 26.9 Å². The molecule has 0 aromatic carbocycles. The Hall–Kier alpha value is -0.120. The highest BCUT2D eigenvalue weighted by atomic mass is 16.5. The van der Waals surface area contributed by atoms with Gasteiger partial charge in [-0.15, -0.1) is 0 Å². The first-order chi connectivity index (χ1) is 7.61. The van der Waals surface area contributed by atoms with Crippen LogP contribution in [0.25, 0.3) is 0 Å². The molecule has 0 aliphatic heterocycles. The van der Waals surface area contributed by atoms with Crippen LogP contribution in [0.5, 0.6) is 0 Å². The molecule has 3 nitrogen and oxygen atoms in total. The van der Waals surface area contributed by atoms with Crippen LogP contribution in [0.2, 0.25) is 0 Å². The van der Waals surface area contributed by atoms with Crippen molar-refractivity contribution in [1.29, 1.82) is 0 Å². The third-order valence-corrected chi connectivity index (χ3v) is 2.80. The lowest BCUT2D eigenvalue weighted by molar-refractivity contribution is 0.0246. The Bertz CT molecular complexity index is 151. The number of methoxy groups -OCH3 is 1. The highest BCUT2D eigenvalue weighted by Crippen LogP contribution is 2.10. The molecule has 0 rings (SSSR count). The normalized spacial score (nSPS) is 15.4. The van der Waals surface area contributed by atoms with Crippen LogP contribution in [0, 0.1) is 5.92 Å². The molecule has 0 aromatic rings. The van der Waals surface area contributed by atoms with Gasteiger partial charge in [0.05, 0.1) is 6.10 Å². The summed E-state index contributed by atoms with van der Waals surface area (Å²) in [6.45, 7) is 11.3. The van der Waals surface area contributed by atoms with E-state index in [9.17, 15) is 0 Å². The Labute approximate surface area is 101 Å². The molecule has 0 amide bonds. The first kappa shape index (κ1) is 15.9. The van der Waals surface area contributed by atoms with Crippen LogP contribution in [0.3, 0.4) is 0 Å². The minimum atomic E-state index is 0.382. The molecule has 1 N–H and O–H groups in total. The SMILES string of the molecule is CCOC(CCNC(C)CCOC)C(C)C. The number of nitrogens with one attached hydrogen (secondary N) is 1. The van der Waals surface area contributed by atoms with Crippen LogP contribution in [0.4, 0.5) is 0 Å². The largest absolute Gasteiger partial charge is 0.385 e. The van der Waals surface area contributed by atoms with Gasteiger partial charge in [0.1, 0.15) is 0 Å². The van der Waals surface area contributed by atoms with Gasteiger partial charge in [-0.2, -0.15) is 0 Å². The lowest BCUT2D eigenvalue weighted by atomic mass is 10.0. The third kappa shape index (κ3) is 8.08. The minimum absolute atomic E-state index is 0.382. The molecule has 0 spiro atoms. The maximum absolute atomic E-state index is 5.70. The summed E-state index contributed by atoms with van der Waals surface area (Å²) >= 11 is 0. The second-order valence-electron chi connectivity index (χ2n) is 4.66. The highest BCUT2D eigenvalue weighted by molar-refractivity contribution is 4.67. The van der Waals surface area contributed by atoms with Crippen LogP contribution in [-0.4, -0.2) is 39.0 Å². The number of hydrogen-bond donors (Lipinski definition) is 1. The van der Waals surface area contributed by atoms with Crippen molar-refractivity contribution in [3.63, 3.8) is 0 Å². The second-order valence-corrected chi connectivity index (χ2v) is 4.66. The average Bonchev–Trinajstić information content (AvgIpc) is 2.25. The van der Waals surface area contributed by atoms with E-state index in [4.69, 9.17) is 9.47 Å². The summed E-state index contributed by atoms with van der Waals surface area (Å²) in [6.07, 6.45) is 2.53. The van der Waals surface area contributed by atoms with Gasteiger partial charge in [0.2, 0.25) is 0 Å². The average molecular weight is 231 g/mol. The fourth-order valence-corrected chi connectivity index (χ4v) is 1.69. The van der Waals surface area contributed by atoms with Gasteiger partial charge in [-0.05, 0) is 39.2 Å². The Morgan fingerprint density at radius 1 is 1.12 bits per heavy atom. The Balaban J connectivity index is 3.60. The maximum Gasteiger partial charge on any atom is 0.0609 e. The molecule has 0 aliphatic rings. The summed E-state index contributed by atoms with van der Waals surface area (Å²) in [4.78, 5) is 0. The first-order valence-corrected chi connectivity index (χ1v) is 6.45. The third-order valence-electron chi connectivity index (χ3n) is 2.80. The van der Waals surface area contributed by atoms with Crippen molar-refractivity contribution in [2.24, 2.45) is 5.92 Å². The molecule has 0 fully saturated rings. The van der Waals surface area contributed by atoms with E-state index >= 15 is 0 Å². The minimum Gasteiger partial charge on any atom is -0.385 e. The Kier molecular flexibility index (Phi) is 9.99. The van der Waals surface area contributed by atoms with Gasteiger partial charge in [-0.3, -0.25) is 0 Å². The predicted octanol–water partition coefficient (Wildman–Crippen LogP) is 2.45. The van der Waals surface area contributed by atoms with Crippen molar-refractivity contribution in [1.82, 2.24) is 5.32 Å². The zero-order chi connectivity index (χ0) is 12.4. The molecule has 16 heavy (non-hydrogen) atoms. The molecule has 0 aromatic heterocycles. The van der Waals surface area contributed by atoms with Crippen molar-refractivity contribution >= 4 is 0 Å². The molecule has 2 atom stereocenters. The lowest BCUT2D eigenvalue weighted by Crippen LogP contribution is -2.32. The summed E-state index contributed by atoms with van der Waals surface area (Å²) in [5.41, 5.74) is 0. The summed E-state index contributed by atoms with van der Waals surface area (Å²) in [6, 6.07) is 0.523. The van der Waals surface area contributed by atoms with Crippen LogP contribution in [0.15, 0.2) is 0 Å². The van der Waals surface area contributed by atoms with E-state index in [0.717, 1.165) is 32.6 Å². The van der Waals surface area contributed by atoms with Crippen LogP contribution in [0.1, 0.15) is 40.5 Å². The molecule has 0 saturated heterocycles. The molecule has 0 heterocycles. The molecule has 0 aliphatic carbocycles.